The van der Waals surface area contributed by atoms with Gasteiger partial charge in [0.25, 0.3) is 5.91 Å². The van der Waals surface area contributed by atoms with Gasteiger partial charge in [-0.05, 0) is 17.7 Å². The Labute approximate surface area is 139 Å². The largest absolute Gasteiger partial charge is 0.393 e. The number of rotatable bonds is 4. The number of aliphatic hydroxyl groups is 1. The molecule has 1 atom stereocenters. The van der Waals surface area contributed by atoms with Gasteiger partial charge in [-0.3, -0.25) is 4.79 Å². The van der Waals surface area contributed by atoms with Crippen molar-refractivity contribution in [3.05, 3.63) is 53.9 Å². The average molecular weight is 333 g/mol. The number of morpholine rings is 1. The Balaban J connectivity index is 1.77. The Hall–Kier alpha value is -2.25. The second-order valence-corrected chi connectivity index (χ2v) is 6.15. The molecule has 0 saturated carbocycles. The minimum absolute atomic E-state index is 0.198. The normalized spacial score (nSPS) is 21.0. The summed E-state index contributed by atoms with van der Waals surface area (Å²) >= 11 is 0. The third kappa shape index (κ3) is 3.47. The van der Waals surface area contributed by atoms with E-state index >= 15 is 0 Å². The van der Waals surface area contributed by atoms with Gasteiger partial charge in [0, 0.05) is 26.2 Å². The molecule has 1 amide bonds. The van der Waals surface area contributed by atoms with Gasteiger partial charge in [0.2, 0.25) is 0 Å². The molecule has 2 heterocycles. The summed E-state index contributed by atoms with van der Waals surface area (Å²) in [4.78, 5) is 18.3. The van der Waals surface area contributed by atoms with E-state index in [1.54, 1.807) is 41.2 Å². The molecule has 1 aliphatic heterocycles. The van der Waals surface area contributed by atoms with E-state index in [1.165, 1.54) is 12.1 Å². The monoisotopic (exact) mass is 333 g/mol. The molecule has 0 spiro atoms. The Bertz CT molecular complexity index is 733. The fourth-order valence-electron chi connectivity index (χ4n) is 2.98. The molecule has 0 unspecified atom stereocenters. The lowest BCUT2D eigenvalue weighted by Gasteiger charge is -2.41. The number of carbonyl (C=O) groups is 1. The molecule has 0 bridgehead atoms. The number of amides is 1. The topological polar surface area (TPSA) is 67.6 Å². The molecule has 7 heteroatoms. The maximum absolute atomic E-state index is 13.4. The van der Waals surface area contributed by atoms with Gasteiger partial charge in [-0.15, -0.1) is 0 Å². The maximum atomic E-state index is 13.4. The number of aliphatic hydroxyl groups excluding tert-OH is 1. The van der Waals surface area contributed by atoms with Crippen LogP contribution in [0.25, 0.3) is 0 Å². The quantitative estimate of drug-likeness (QED) is 0.907. The molecule has 1 aliphatic rings. The summed E-state index contributed by atoms with van der Waals surface area (Å²) in [5.74, 6) is -0.534. The van der Waals surface area contributed by atoms with Crippen molar-refractivity contribution in [3.8, 4) is 0 Å². The number of carbonyl (C=O) groups excluding carboxylic acids is 1. The number of ether oxygens (including phenoxy) is 1. The van der Waals surface area contributed by atoms with Gasteiger partial charge in [0.1, 0.15) is 17.1 Å². The molecule has 0 aliphatic carbocycles. The van der Waals surface area contributed by atoms with E-state index in [0.29, 0.717) is 25.3 Å². The molecule has 24 heavy (non-hydrogen) atoms. The van der Waals surface area contributed by atoms with Crippen molar-refractivity contribution in [2.75, 3.05) is 26.3 Å². The minimum atomic E-state index is -0.934. The second-order valence-electron chi connectivity index (χ2n) is 6.15. The van der Waals surface area contributed by atoms with Crippen LogP contribution in [0.2, 0.25) is 0 Å². The van der Waals surface area contributed by atoms with Gasteiger partial charge >= 0.3 is 0 Å². The number of hydrogen-bond acceptors (Lipinski definition) is 4. The molecule has 1 fully saturated rings. The Morgan fingerprint density at radius 2 is 2.33 bits per heavy atom. The Morgan fingerprint density at radius 3 is 3.00 bits per heavy atom. The van der Waals surface area contributed by atoms with E-state index in [2.05, 4.69) is 4.98 Å². The zero-order valence-electron chi connectivity index (χ0n) is 13.5. The zero-order valence-corrected chi connectivity index (χ0v) is 13.5. The van der Waals surface area contributed by atoms with Crippen molar-refractivity contribution in [2.45, 2.75) is 12.0 Å². The predicted molar refractivity (Wildman–Crippen MR) is 85.0 cm³/mol. The fourth-order valence-corrected chi connectivity index (χ4v) is 2.98. The van der Waals surface area contributed by atoms with Crippen LogP contribution < -0.4 is 0 Å². The lowest BCUT2D eigenvalue weighted by atomic mass is 9.93. The molecule has 0 radical (unpaired) electrons. The highest BCUT2D eigenvalue weighted by Gasteiger charge is 2.38. The van der Waals surface area contributed by atoms with Gasteiger partial charge in [-0.2, -0.15) is 0 Å². The van der Waals surface area contributed by atoms with Gasteiger partial charge < -0.3 is 19.3 Å². The Kier molecular flexibility index (Phi) is 4.64. The van der Waals surface area contributed by atoms with Crippen molar-refractivity contribution in [1.82, 2.24) is 14.5 Å². The van der Waals surface area contributed by atoms with E-state index in [1.807, 2.05) is 0 Å². The smallest absolute Gasteiger partial charge is 0.274 e. The SMILES string of the molecule is Cn1cnc(C(=O)N2CCO[C@](CO)(Cc3cccc(F)c3)C2)c1. The van der Waals surface area contributed by atoms with Gasteiger partial charge in [-0.1, -0.05) is 12.1 Å². The van der Waals surface area contributed by atoms with Gasteiger partial charge in [0.15, 0.2) is 0 Å². The molecule has 1 N–H and O–H groups in total. The van der Waals surface area contributed by atoms with Crippen molar-refractivity contribution in [1.29, 1.82) is 0 Å². The standard InChI is InChI=1S/C17H20FN3O3/c1-20-9-15(19-12-20)16(23)21-5-6-24-17(10-21,11-22)8-13-3-2-4-14(18)7-13/h2-4,7,9,12,22H,5-6,8,10-11H2,1H3/t17-/m1/s1. The van der Waals surface area contributed by atoms with Crippen LogP contribution >= 0.6 is 0 Å². The summed E-state index contributed by atoms with van der Waals surface area (Å²) in [6, 6.07) is 6.19. The van der Waals surface area contributed by atoms with Crippen LogP contribution in [0, 0.1) is 5.82 Å². The van der Waals surface area contributed by atoms with Crippen LogP contribution in [0.3, 0.4) is 0 Å². The first-order chi connectivity index (χ1) is 11.5. The summed E-state index contributed by atoms with van der Waals surface area (Å²) in [5, 5.41) is 9.87. The molecule has 128 valence electrons. The van der Waals surface area contributed by atoms with Crippen LogP contribution in [0.1, 0.15) is 16.1 Å². The summed E-state index contributed by atoms with van der Waals surface area (Å²) in [5.41, 5.74) is 0.143. The summed E-state index contributed by atoms with van der Waals surface area (Å²) < 4.78 is 20.9. The zero-order chi connectivity index (χ0) is 17.2. The van der Waals surface area contributed by atoms with Gasteiger partial charge in [0.05, 0.1) is 26.1 Å². The highest BCUT2D eigenvalue weighted by Crippen LogP contribution is 2.24. The van der Waals surface area contributed by atoms with Gasteiger partial charge in [-0.25, -0.2) is 9.37 Å². The summed E-state index contributed by atoms with van der Waals surface area (Å²) in [6.07, 6.45) is 3.55. The molecule has 2 aromatic rings. The average Bonchev–Trinajstić information content (AvgIpc) is 3.01. The highest BCUT2D eigenvalue weighted by molar-refractivity contribution is 5.92. The molecule has 1 aromatic heterocycles. The first-order valence-corrected chi connectivity index (χ1v) is 7.78. The van der Waals surface area contributed by atoms with Crippen molar-refractivity contribution in [2.24, 2.45) is 7.05 Å². The van der Waals surface area contributed by atoms with E-state index in [0.717, 1.165) is 5.56 Å². The van der Waals surface area contributed by atoms with Crippen molar-refractivity contribution >= 4 is 5.91 Å². The van der Waals surface area contributed by atoms with Crippen LogP contribution in [0.5, 0.6) is 0 Å². The van der Waals surface area contributed by atoms with Crippen molar-refractivity contribution in [3.63, 3.8) is 0 Å². The fraction of sp³-hybridized carbons (Fsp3) is 0.412. The first kappa shape index (κ1) is 16.6. The third-order valence-electron chi connectivity index (χ3n) is 4.16. The molecule has 3 rings (SSSR count). The first-order valence-electron chi connectivity index (χ1n) is 7.78. The number of imidazole rings is 1. The number of aryl methyl sites for hydroxylation is 1. The van der Waals surface area contributed by atoms with E-state index < -0.39 is 5.60 Å². The number of hydrogen-bond donors (Lipinski definition) is 1. The third-order valence-corrected chi connectivity index (χ3v) is 4.16. The van der Waals surface area contributed by atoms with Crippen LogP contribution in [-0.2, 0) is 18.2 Å². The van der Waals surface area contributed by atoms with E-state index in [4.69, 9.17) is 4.74 Å². The van der Waals surface area contributed by atoms with E-state index in [-0.39, 0.29) is 24.9 Å². The minimum Gasteiger partial charge on any atom is -0.393 e. The molecule has 1 aromatic carbocycles. The lowest BCUT2D eigenvalue weighted by molar-refractivity contribution is -0.123. The maximum Gasteiger partial charge on any atom is 0.274 e. The van der Waals surface area contributed by atoms with E-state index in [9.17, 15) is 14.3 Å². The molecular formula is C17H20FN3O3. The lowest BCUT2D eigenvalue weighted by Crippen LogP contribution is -2.56. The number of halogens is 1. The predicted octanol–water partition coefficient (Wildman–Crippen LogP) is 1.01. The summed E-state index contributed by atoms with van der Waals surface area (Å²) in [7, 11) is 1.80. The molecule has 1 saturated heterocycles. The molecule has 6 nitrogen and oxygen atoms in total. The van der Waals surface area contributed by atoms with Crippen LogP contribution in [-0.4, -0.2) is 57.4 Å². The Morgan fingerprint density at radius 1 is 1.50 bits per heavy atom. The number of nitrogens with zero attached hydrogens (tertiary/aromatic N) is 3. The number of aromatic nitrogens is 2. The second kappa shape index (κ2) is 6.70. The highest BCUT2D eigenvalue weighted by atomic mass is 19.1. The summed E-state index contributed by atoms with van der Waals surface area (Å²) in [6.45, 7) is 0.722. The van der Waals surface area contributed by atoms with Crippen LogP contribution in [0.4, 0.5) is 4.39 Å². The molecular weight excluding hydrogens is 313 g/mol. The van der Waals surface area contributed by atoms with Crippen LogP contribution in [0.15, 0.2) is 36.8 Å². The van der Waals surface area contributed by atoms with Crippen molar-refractivity contribution < 1.29 is 19.0 Å². The number of benzene rings is 1.